The first-order chi connectivity index (χ1) is 16.0. The Kier molecular flexibility index (Phi) is 7.13. The second-order valence-corrected chi connectivity index (χ2v) is 8.71. The van der Waals surface area contributed by atoms with Crippen LogP contribution in [0.2, 0.25) is 0 Å². The highest BCUT2D eigenvalue weighted by Crippen LogP contribution is 2.33. The van der Waals surface area contributed by atoms with E-state index in [4.69, 9.17) is 0 Å². The molecule has 2 aromatic carbocycles. The normalized spacial score (nSPS) is 18.5. The molecule has 1 fully saturated rings. The molecule has 2 unspecified atom stereocenters. The zero-order valence-corrected chi connectivity index (χ0v) is 18.9. The molecule has 0 amide bonds. The summed E-state index contributed by atoms with van der Waals surface area (Å²) in [5.41, 5.74) is 2.81. The zero-order valence-electron chi connectivity index (χ0n) is 18.9. The van der Waals surface area contributed by atoms with Crippen molar-refractivity contribution in [3.63, 3.8) is 0 Å². The first-order valence-corrected chi connectivity index (χ1v) is 11.5. The average molecular weight is 444 g/mol. The predicted octanol–water partition coefficient (Wildman–Crippen LogP) is 5.65. The molecule has 6 heteroatoms. The highest BCUT2D eigenvalue weighted by molar-refractivity contribution is 5.96. The number of hydrogen-bond donors (Lipinski definition) is 1. The molecule has 0 radical (unpaired) electrons. The SMILES string of the molecule is CC=CCC1CCCC(C(=O)c2ncn(Cc3ccc(-c4ccccc4C(=O)O)cc3)n2)C1. The largest absolute Gasteiger partial charge is 0.478 e. The topological polar surface area (TPSA) is 85.1 Å². The number of allylic oxidation sites excluding steroid dienone is 2. The fourth-order valence-electron chi connectivity index (χ4n) is 4.64. The Morgan fingerprint density at radius 2 is 1.91 bits per heavy atom. The first-order valence-electron chi connectivity index (χ1n) is 11.5. The summed E-state index contributed by atoms with van der Waals surface area (Å²) in [7, 11) is 0. The molecule has 1 aliphatic carbocycles. The van der Waals surface area contributed by atoms with E-state index in [0.717, 1.165) is 36.8 Å². The molecule has 2 atom stereocenters. The average Bonchev–Trinajstić information content (AvgIpc) is 3.31. The molecule has 3 aromatic rings. The minimum atomic E-state index is -0.944. The molecule has 1 heterocycles. The van der Waals surface area contributed by atoms with Crippen LogP contribution in [0.4, 0.5) is 0 Å². The van der Waals surface area contributed by atoms with E-state index in [-0.39, 0.29) is 17.3 Å². The Labute approximate surface area is 194 Å². The van der Waals surface area contributed by atoms with Gasteiger partial charge in [0, 0.05) is 5.92 Å². The van der Waals surface area contributed by atoms with Crippen LogP contribution in [0.25, 0.3) is 11.1 Å². The quantitative estimate of drug-likeness (QED) is 0.359. The summed E-state index contributed by atoms with van der Waals surface area (Å²) in [5, 5.41) is 13.9. The van der Waals surface area contributed by atoms with Crippen molar-refractivity contribution in [2.75, 3.05) is 0 Å². The number of Topliss-reactive ketones (excluding diaryl/α,β-unsaturated/α-hetero) is 1. The summed E-state index contributed by atoms with van der Waals surface area (Å²) in [4.78, 5) is 28.8. The number of aromatic carboxylic acids is 1. The second-order valence-electron chi connectivity index (χ2n) is 8.71. The second kappa shape index (κ2) is 10.4. The van der Waals surface area contributed by atoms with Crippen LogP contribution in [0.3, 0.4) is 0 Å². The van der Waals surface area contributed by atoms with Crippen LogP contribution in [-0.2, 0) is 6.54 Å². The van der Waals surface area contributed by atoms with E-state index in [2.05, 4.69) is 22.2 Å². The number of nitrogens with zero attached hydrogens (tertiary/aromatic N) is 3. The van der Waals surface area contributed by atoms with Gasteiger partial charge >= 0.3 is 5.97 Å². The number of ketones is 1. The lowest BCUT2D eigenvalue weighted by atomic mass is 9.78. The van der Waals surface area contributed by atoms with Gasteiger partial charge in [-0.1, -0.05) is 67.5 Å². The van der Waals surface area contributed by atoms with E-state index in [1.165, 1.54) is 6.42 Å². The molecule has 4 rings (SSSR count). The highest BCUT2D eigenvalue weighted by Gasteiger charge is 2.29. The third-order valence-corrected chi connectivity index (χ3v) is 6.38. The number of benzene rings is 2. The van der Waals surface area contributed by atoms with Crippen LogP contribution >= 0.6 is 0 Å². The predicted molar refractivity (Wildman–Crippen MR) is 127 cm³/mol. The van der Waals surface area contributed by atoms with Crippen molar-refractivity contribution in [1.29, 1.82) is 0 Å². The fraction of sp³-hybridized carbons (Fsp3) is 0.333. The van der Waals surface area contributed by atoms with Gasteiger partial charge in [0.05, 0.1) is 12.1 Å². The number of carboxylic acid groups (broad SMARTS) is 1. The molecule has 1 aliphatic rings. The number of carbonyl (C=O) groups is 2. The third kappa shape index (κ3) is 5.45. The van der Waals surface area contributed by atoms with Gasteiger partial charge in [-0.15, -0.1) is 5.10 Å². The molecule has 1 N–H and O–H groups in total. The number of rotatable bonds is 8. The van der Waals surface area contributed by atoms with Crippen LogP contribution in [0.15, 0.2) is 67.0 Å². The maximum absolute atomic E-state index is 13.0. The maximum atomic E-state index is 13.0. The third-order valence-electron chi connectivity index (χ3n) is 6.38. The number of carboxylic acids is 1. The number of carbonyl (C=O) groups excluding carboxylic acids is 1. The minimum Gasteiger partial charge on any atom is -0.478 e. The summed E-state index contributed by atoms with van der Waals surface area (Å²) < 4.78 is 1.69. The van der Waals surface area contributed by atoms with E-state index in [0.29, 0.717) is 23.9 Å². The minimum absolute atomic E-state index is 0.0124. The smallest absolute Gasteiger partial charge is 0.336 e. The molecule has 1 saturated carbocycles. The molecule has 0 bridgehead atoms. The maximum Gasteiger partial charge on any atom is 0.336 e. The monoisotopic (exact) mass is 443 g/mol. The number of hydrogen-bond acceptors (Lipinski definition) is 4. The van der Waals surface area contributed by atoms with Crippen LogP contribution in [0.1, 0.15) is 65.6 Å². The van der Waals surface area contributed by atoms with Gasteiger partial charge in [0.2, 0.25) is 11.6 Å². The van der Waals surface area contributed by atoms with Crippen molar-refractivity contribution < 1.29 is 14.7 Å². The Morgan fingerprint density at radius 1 is 1.12 bits per heavy atom. The molecular weight excluding hydrogens is 414 g/mol. The van der Waals surface area contributed by atoms with Gasteiger partial charge in [0.1, 0.15) is 6.33 Å². The molecule has 1 aromatic heterocycles. The fourth-order valence-corrected chi connectivity index (χ4v) is 4.64. The van der Waals surface area contributed by atoms with Gasteiger partial charge in [-0.05, 0) is 54.9 Å². The molecule has 33 heavy (non-hydrogen) atoms. The Hall–Kier alpha value is -3.54. The Balaban J connectivity index is 1.42. The van der Waals surface area contributed by atoms with Crippen LogP contribution in [0, 0.1) is 11.8 Å². The summed E-state index contributed by atoms with van der Waals surface area (Å²) in [6.07, 6.45) is 11.0. The summed E-state index contributed by atoms with van der Waals surface area (Å²) in [5.74, 6) is -0.00644. The van der Waals surface area contributed by atoms with E-state index >= 15 is 0 Å². The van der Waals surface area contributed by atoms with Gasteiger partial charge in [0.15, 0.2) is 0 Å². The summed E-state index contributed by atoms with van der Waals surface area (Å²) in [6, 6.07) is 14.7. The molecule has 170 valence electrons. The van der Waals surface area contributed by atoms with Crippen molar-refractivity contribution in [3.8, 4) is 11.1 Å². The lowest BCUT2D eigenvalue weighted by molar-refractivity contribution is 0.0697. The summed E-state index contributed by atoms with van der Waals surface area (Å²) >= 11 is 0. The highest BCUT2D eigenvalue weighted by atomic mass is 16.4. The lowest BCUT2D eigenvalue weighted by Gasteiger charge is -2.26. The van der Waals surface area contributed by atoms with Crippen molar-refractivity contribution >= 4 is 11.8 Å². The van der Waals surface area contributed by atoms with Crippen molar-refractivity contribution in [3.05, 3.63) is 84.0 Å². The first kappa shape index (κ1) is 22.6. The van der Waals surface area contributed by atoms with Crippen LogP contribution in [-0.4, -0.2) is 31.6 Å². The summed E-state index contributed by atoms with van der Waals surface area (Å²) in [6.45, 7) is 2.53. The molecule has 0 saturated heterocycles. The van der Waals surface area contributed by atoms with Crippen LogP contribution < -0.4 is 0 Å². The van der Waals surface area contributed by atoms with E-state index in [9.17, 15) is 14.7 Å². The molecule has 0 aliphatic heterocycles. The number of aromatic nitrogens is 3. The zero-order chi connectivity index (χ0) is 23.2. The van der Waals surface area contributed by atoms with Crippen molar-refractivity contribution in [2.24, 2.45) is 11.8 Å². The van der Waals surface area contributed by atoms with Gasteiger partial charge in [-0.2, -0.15) is 0 Å². The Bertz CT molecular complexity index is 1150. The van der Waals surface area contributed by atoms with Gasteiger partial charge in [-0.25, -0.2) is 14.5 Å². The van der Waals surface area contributed by atoms with E-state index in [1.54, 1.807) is 23.1 Å². The van der Waals surface area contributed by atoms with E-state index in [1.807, 2.05) is 43.3 Å². The standard InChI is InChI=1S/C27H29N3O3/c1-2-3-7-19-8-6-9-22(16-19)25(31)26-28-18-30(29-26)17-20-12-14-21(15-13-20)23-10-4-5-11-24(23)27(32)33/h2-5,10-15,18-19,22H,6-9,16-17H2,1H3,(H,32,33). The van der Waals surface area contributed by atoms with Crippen LogP contribution in [0.5, 0.6) is 0 Å². The lowest BCUT2D eigenvalue weighted by Crippen LogP contribution is -2.24. The van der Waals surface area contributed by atoms with E-state index < -0.39 is 5.97 Å². The molecule has 0 spiro atoms. The van der Waals surface area contributed by atoms with Crippen molar-refractivity contribution in [2.45, 2.75) is 45.6 Å². The van der Waals surface area contributed by atoms with Gasteiger partial charge in [0.25, 0.3) is 0 Å². The van der Waals surface area contributed by atoms with Crippen molar-refractivity contribution in [1.82, 2.24) is 14.8 Å². The van der Waals surface area contributed by atoms with Gasteiger partial charge in [-0.3, -0.25) is 4.79 Å². The van der Waals surface area contributed by atoms with Gasteiger partial charge < -0.3 is 5.11 Å². The molecule has 6 nitrogen and oxygen atoms in total. The molecular formula is C27H29N3O3. The Morgan fingerprint density at radius 3 is 2.67 bits per heavy atom.